The van der Waals surface area contributed by atoms with Crippen LogP contribution in [0.5, 0.6) is 11.8 Å². The van der Waals surface area contributed by atoms with Crippen LogP contribution in [0.15, 0.2) is 24.5 Å². The van der Waals surface area contributed by atoms with E-state index in [1.807, 2.05) is 13.0 Å². The molecule has 37 heavy (non-hydrogen) atoms. The highest BCUT2D eigenvalue weighted by Crippen LogP contribution is 2.40. The number of nitrogens with one attached hydrogen (secondary N) is 2. The molecule has 0 spiro atoms. The van der Waals surface area contributed by atoms with Crippen LogP contribution in [0, 0.1) is 0 Å². The number of aromatic nitrogens is 4. The second-order valence-corrected chi connectivity index (χ2v) is 12.0. The molecule has 0 saturated carbocycles. The van der Waals surface area contributed by atoms with E-state index in [-0.39, 0.29) is 34.6 Å². The van der Waals surface area contributed by atoms with E-state index in [9.17, 15) is 18.0 Å². The van der Waals surface area contributed by atoms with Gasteiger partial charge in [0.25, 0.3) is 5.91 Å². The van der Waals surface area contributed by atoms with Gasteiger partial charge in [-0.2, -0.15) is 4.98 Å². The number of sulfone groups is 1. The van der Waals surface area contributed by atoms with Gasteiger partial charge in [0.15, 0.2) is 9.84 Å². The van der Waals surface area contributed by atoms with Crippen LogP contribution in [0.2, 0.25) is 5.28 Å². The second kappa shape index (κ2) is 9.68. The highest BCUT2D eigenvalue weighted by Gasteiger charge is 2.25. The summed E-state index contributed by atoms with van der Waals surface area (Å²) >= 11 is 7.26. The number of hydrogen-bond donors (Lipinski definition) is 3. The number of amides is 1. The molecule has 1 amide bonds. The lowest BCUT2D eigenvalue weighted by molar-refractivity contribution is -0.136. The fraction of sp³-hybridized carbons (Fsp3) is 0.273. The number of fused-ring (bicyclic) bond motifs is 5. The second-order valence-electron chi connectivity index (χ2n) is 8.38. The number of aliphatic carboxylic acids is 1. The summed E-state index contributed by atoms with van der Waals surface area (Å²) < 4.78 is 31.4. The van der Waals surface area contributed by atoms with Gasteiger partial charge in [0.2, 0.25) is 17.0 Å². The van der Waals surface area contributed by atoms with E-state index in [1.54, 1.807) is 6.07 Å². The van der Waals surface area contributed by atoms with E-state index >= 15 is 0 Å². The number of rotatable bonds is 7. The number of ether oxygens (including phenoxy) is 1. The summed E-state index contributed by atoms with van der Waals surface area (Å²) in [5.41, 5.74) is 1.85. The Labute approximate surface area is 219 Å². The molecule has 1 atom stereocenters. The van der Waals surface area contributed by atoms with E-state index in [1.165, 1.54) is 23.7 Å². The van der Waals surface area contributed by atoms with Crippen LogP contribution in [0.4, 0.5) is 5.69 Å². The molecule has 15 heteroatoms. The molecule has 4 heterocycles. The Kier molecular flexibility index (Phi) is 6.56. The first kappa shape index (κ1) is 25.0. The highest BCUT2D eigenvalue weighted by atomic mass is 35.5. The van der Waals surface area contributed by atoms with Crippen LogP contribution in [0.1, 0.15) is 28.6 Å². The first-order valence-electron chi connectivity index (χ1n) is 11.0. The average molecular weight is 563 g/mol. The van der Waals surface area contributed by atoms with E-state index in [0.717, 1.165) is 10.1 Å². The molecule has 0 bridgehead atoms. The normalized spacial score (nSPS) is 15.6. The largest absolute Gasteiger partial charge is 0.481 e. The third-order valence-electron chi connectivity index (χ3n) is 5.51. The Morgan fingerprint density at radius 3 is 2.86 bits per heavy atom. The number of benzene rings is 1. The Morgan fingerprint density at radius 1 is 1.27 bits per heavy atom. The molecule has 1 aliphatic rings. The van der Waals surface area contributed by atoms with Crippen molar-refractivity contribution in [2.75, 3.05) is 17.6 Å². The molecule has 1 aliphatic heterocycles. The number of carboxylic acids is 1. The number of anilines is 1. The standard InChI is InChI=1S/C22H19ClN6O6S2/c1-10-6-24-18-16-13(36-19(18)20(32)27-10)3-2-12-17(16)25-8-14(28-12)35-21-11(7-26-22(23)29-21)9-37(33,34)5-4-15(30)31/h2-3,7-8,10,24H,4-6,9H2,1H3,(H,27,32)(H,30,31)/t10-/m1/s1. The van der Waals surface area contributed by atoms with Crippen LogP contribution in [0.25, 0.3) is 21.1 Å². The van der Waals surface area contributed by atoms with Crippen molar-refractivity contribution >= 4 is 71.5 Å². The lowest BCUT2D eigenvalue weighted by atomic mass is 10.1. The predicted octanol–water partition coefficient (Wildman–Crippen LogP) is 3.01. The smallest absolute Gasteiger partial charge is 0.304 e. The van der Waals surface area contributed by atoms with Crippen molar-refractivity contribution in [3.05, 3.63) is 40.3 Å². The van der Waals surface area contributed by atoms with Gasteiger partial charge in [-0.15, -0.1) is 11.3 Å². The average Bonchev–Trinajstić information content (AvgIpc) is 3.16. The summed E-state index contributed by atoms with van der Waals surface area (Å²) in [7, 11) is -3.79. The van der Waals surface area contributed by atoms with E-state index in [2.05, 4.69) is 30.6 Å². The molecule has 0 radical (unpaired) electrons. The van der Waals surface area contributed by atoms with E-state index < -0.39 is 33.7 Å². The minimum Gasteiger partial charge on any atom is -0.481 e. The zero-order valence-electron chi connectivity index (χ0n) is 19.2. The number of carbonyl (C=O) groups is 2. The maximum absolute atomic E-state index is 12.6. The molecule has 12 nitrogen and oxygen atoms in total. The molecule has 0 unspecified atom stereocenters. The van der Waals surface area contributed by atoms with Crippen LogP contribution >= 0.6 is 22.9 Å². The van der Waals surface area contributed by atoms with Crippen molar-refractivity contribution < 1.29 is 27.9 Å². The number of nitrogens with zero attached hydrogens (tertiary/aromatic N) is 4. The van der Waals surface area contributed by atoms with Crippen molar-refractivity contribution in [3.8, 4) is 11.8 Å². The topological polar surface area (TPSA) is 173 Å². The fourth-order valence-corrected chi connectivity index (χ4v) is 6.35. The Bertz CT molecular complexity index is 1680. The van der Waals surface area contributed by atoms with Crippen molar-refractivity contribution in [3.63, 3.8) is 0 Å². The summed E-state index contributed by atoms with van der Waals surface area (Å²) in [6, 6.07) is 3.55. The molecule has 5 rings (SSSR count). The maximum atomic E-state index is 12.6. The highest BCUT2D eigenvalue weighted by molar-refractivity contribution is 7.90. The molecule has 1 aromatic carbocycles. The zero-order chi connectivity index (χ0) is 26.3. The molecule has 3 N–H and O–H groups in total. The Balaban J connectivity index is 1.49. The Hall–Kier alpha value is -3.62. The quantitative estimate of drug-likeness (QED) is 0.282. The van der Waals surface area contributed by atoms with Crippen molar-refractivity contribution in [2.24, 2.45) is 0 Å². The maximum Gasteiger partial charge on any atom is 0.304 e. The van der Waals surface area contributed by atoms with Gasteiger partial charge in [-0.05, 0) is 30.7 Å². The van der Waals surface area contributed by atoms with Gasteiger partial charge in [-0.1, -0.05) is 0 Å². The predicted molar refractivity (Wildman–Crippen MR) is 137 cm³/mol. The van der Waals surface area contributed by atoms with Gasteiger partial charge in [0.05, 0.1) is 40.8 Å². The molecule has 4 aromatic rings. The number of halogens is 1. The van der Waals surface area contributed by atoms with Crippen LogP contribution in [0.3, 0.4) is 0 Å². The summed E-state index contributed by atoms with van der Waals surface area (Å²) in [5.74, 6) is -2.56. The molecular weight excluding hydrogens is 544 g/mol. The molecule has 0 saturated heterocycles. The lowest BCUT2D eigenvalue weighted by Crippen LogP contribution is -2.34. The summed E-state index contributed by atoms with van der Waals surface area (Å²) in [4.78, 5) is 40.8. The number of thiophene rings is 1. The van der Waals surface area contributed by atoms with Gasteiger partial charge >= 0.3 is 5.97 Å². The SMILES string of the molecule is C[C@@H]1CNc2c(sc3ccc4nc(Oc5nc(Cl)ncc5CS(=O)(=O)CCC(=O)O)cnc4c23)C(=O)N1. The number of hydrogen-bond acceptors (Lipinski definition) is 11. The van der Waals surface area contributed by atoms with Gasteiger partial charge in [0, 0.05) is 34.4 Å². The summed E-state index contributed by atoms with van der Waals surface area (Å²) in [6.45, 7) is 2.47. The van der Waals surface area contributed by atoms with Gasteiger partial charge in [-0.25, -0.2) is 23.4 Å². The van der Waals surface area contributed by atoms with Crippen molar-refractivity contribution in [2.45, 2.75) is 25.1 Å². The van der Waals surface area contributed by atoms with Crippen LogP contribution in [-0.2, 0) is 20.4 Å². The van der Waals surface area contributed by atoms with Crippen molar-refractivity contribution in [1.29, 1.82) is 0 Å². The minimum absolute atomic E-state index is 0.0337. The third kappa shape index (κ3) is 5.26. The molecule has 192 valence electrons. The molecular formula is C22H19ClN6O6S2. The van der Waals surface area contributed by atoms with Gasteiger partial charge in [0.1, 0.15) is 4.88 Å². The summed E-state index contributed by atoms with van der Waals surface area (Å²) in [5, 5.41) is 15.7. The fourth-order valence-electron chi connectivity index (χ4n) is 3.83. The summed E-state index contributed by atoms with van der Waals surface area (Å²) in [6.07, 6.45) is 2.04. The monoisotopic (exact) mass is 562 g/mol. The van der Waals surface area contributed by atoms with Crippen LogP contribution in [-0.4, -0.2) is 63.7 Å². The van der Waals surface area contributed by atoms with Gasteiger partial charge in [-0.3, -0.25) is 9.59 Å². The van der Waals surface area contributed by atoms with E-state index in [4.69, 9.17) is 21.4 Å². The lowest BCUT2D eigenvalue weighted by Gasteiger charge is -2.11. The number of carbonyl (C=O) groups excluding carboxylic acids is 1. The minimum atomic E-state index is -3.79. The molecule has 3 aromatic heterocycles. The molecule has 0 aliphatic carbocycles. The molecule has 0 fully saturated rings. The third-order valence-corrected chi connectivity index (χ3v) is 8.42. The first-order valence-corrected chi connectivity index (χ1v) is 14.0. The zero-order valence-corrected chi connectivity index (χ0v) is 21.6. The van der Waals surface area contributed by atoms with Gasteiger partial charge < -0.3 is 20.5 Å². The number of carboxylic acid groups (broad SMARTS) is 1. The van der Waals surface area contributed by atoms with E-state index in [0.29, 0.717) is 28.1 Å². The Morgan fingerprint density at radius 2 is 2.08 bits per heavy atom. The van der Waals surface area contributed by atoms with Crippen molar-refractivity contribution in [1.82, 2.24) is 25.3 Å². The first-order chi connectivity index (χ1) is 17.6. The van der Waals surface area contributed by atoms with Crippen LogP contribution < -0.4 is 15.4 Å².